The molecule has 92 valence electrons. The van der Waals surface area contributed by atoms with Crippen LogP contribution in [0.4, 0.5) is 0 Å². The maximum absolute atomic E-state index is 5.37. The molecule has 0 spiro atoms. The number of hydrogen-bond acceptors (Lipinski definition) is 3. The van der Waals surface area contributed by atoms with Gasteiger partial charge in [0.05, 0.1) is 12.3 Å². The minimum atomic E-state index is 0.274. The van der Waals surface area contributed by atoms with E-state index in [0.29, 0.717) is 12.0 Å². The van der Waals surface area contributed by atoms with Gasteiger partial charge in [0.15, 0.2) is 0 Å². The van der Waals surface area contributed by atoms with Crippen molar-refractivity contribution in [1.29, 1.82) is 0 Å². The van der Waals surface area contributed by atoms with Gasteiger partial charge in [-0.3, -0.25) is 0 Å². The zero-order chi connectivity index (χ0) is 12.1. The van der Waals surface area contributed by atoms with E-state index >= 15 is 0 Å². The summed E-state index contributed by atoms with van der Waals surface area (Å²) in [5.74, 6) is 1.65. The molecule has 0 saturated carbocycles. The molecule has 0 fully saturated rings. The highest BCUT2D eigenvalue weighted by atomic mass is 16.3. The first kappa shape index (κ1) is 13.3. The molecule has 0 radical (unpaired) electrons. The fraction of sp³-hybridized carbons (Fsp3) is 0.692. The van der Waals surface area contributed by atoms with Gasteiger partial charge in [-0.1, -0.05) is 13.8 Å². The molecule has 1 aromatic heterocycles. The summed E-state index contributed by atoms with van der Waals surface area (Å²) >= 11 is 0. The Morgan fingerprint density at radius 1 is 1.31 bits per heavy atom. The first-order valence-corrected chi connectivity index (χ1v) is 5.95. The van der Waals surface area contributed by atoms with Crippen LogP contribution in [0.3, 0.4) is 0 Å². The molecule has 16 heavy (non-hydrogen) atoms. The molecule has 0 amide bonds. The number of rotatable bonds is 6. The number of hydrogen-bond donors (Lipinski definition) is 1. The van der Waals surface area contributed by atoms with Crippen molar-refractivity contribution in [2.45, 2.75) is 32.9 Å². The van der Waals surface area contributed by atoms with Crippen LogP contribution < -0.4 is 5.32 Å². The summed E-state index contributed by atoms with van der Waals surface area (Å²) in [6.07, 6.45) is 1.72. The van der Waals surface area contributed by atoms with Crippen molar-refractivity contribution in [3.63, 3.8) is 0 Å². The number of likely N-dealkylation sites (N-methyl/N-ethyl adjacent to an activating group) is 1. The molecule has 0 bridgehead atoms. The molecular weight excluding hydrogens is 200 g/mol. The lowest BCUT2D eigenvalue weighted by Crippen LogP contribution is -2.42. The predicted molar refractivity (Wildman–Crippen MR) is 67.4 cm³/mol. The van der Waals surface area contributed by atoms with Gasteiger partial charge in [0.25, 0.3) is 0 Å². The lowest BCUT2D eigenvalue weighted by Gasteiger charge is -2.29. The summed E-state index contributed by atoms with van der Waals surface area (Å²) in [5.41, 5.74) is 0. The molecule has 3 heteroatoms. The van der Waals surface area contributed by atoms with E-state index in [1.165, 1.54) is 0 Å². The van der Waals surface area contributed by atoms with E-state index in [9.17, 15) is 0 Å². The third-order valence-electron chi connectivity index (χ3n) is 3.04. The van der Waals surface area contributed by atoms with Crippen LogP contribution >= 0.6 is 0 Å². The Bertz CT molecular complexity index is 272. The van der Waals surface area contributed by atoms with Gasteiger partial charge in [-0.15, -0.1) is 0 Å². The average molecular weight is 224 g/mol. The van der Waals surface area contributed by atoms with Crippen LogP contribution in [0.1, 0.15) is 32.6 Å². The lowest BCUT2D eigenvalue weighted by molar-refractivity contribution is 0.217. The Balaban J connectivity index is 2.43. The van der Waals surface area contributed by atoms with Crippen molar-refractivity contribution in [2.75, 3.05) is 20.6 Å². The van der Waals surface area contributed by atoms with Gasteiger partial charge < -0.3 is 14.6 Å². The average Bonchev–Trinajstić information content (AvgIpc) is 2.69. The van der Waals surface area contributed by atoms with E-state index in [-0.39, 0.29) is 6.04 Å². The molecule has 0 aliphatic heterocycles. The van der Waals surface area contributed by atoms with Crippen LogP contribution in [0, 0.1) is 5.92 Å². The molecule has 1 rings (SSSR count). The number of nitrogens with one attached hydrogen (secondary N) is 1. The highest BCUT2D eigenvalue weighted by molar-refractivity contribution is 5.03. The van der Waals surface area contributed by atoms with E-state index < -0.39 is 0 Å². The fourth-order valence-electron chi connectivity index (χ4n) is 1.95. The highest BCUT2D eigenvalue weighted by Gasteiger charge is 2.17. The lowest BCUT2D eigenvalue weighted by atomic mass is 10.0. The Hall–Kier alpha value is -0.800. The van der Waals surface area contributed by atoms with Gasteiger partial charge in [0, 0.05) is 12.6 Å². The van der Waals surface area contributed by atoms with Gasteiger partial charge in [-0.05, 0) is 39.1 Å². The standard InChI is InChI=1S/C13H24N2O/c1-10(2)12(15(4)5)9-14-11(3)13-7-6-8-16-13/h6-8,10-12,14H,9H2,1-5H3. The SMILES string of the molecule is CC(NCC(C(C)C)N(C)C)c1ccco1. The molecule has 3 nitrogen and oxygen atoms in total. The summed E-state index contributed by atoms with van der Waals surface area (Å²) in [6, 6.07) is 4.77. The van der Waals surface area contributed by atoms with Crippen LogP contribution in [0.2, 0.25) is 0 Å². The smallest absolute Gasteiger partial charge is 0.120 e. The molecule has 2 unspecified atom stereocenters. The molecule has 1 heterocycles. The van der Waals surface area contributed by atoms with Crippen LogP contribution in [-0.2, 0) is 0 Å². The van der Waals surface area contributed by atoms with Crippen molar-refractivity contribution in [2.24, 2.45) is 5.92 Å². The first-order chi connectivity index (χ1) is 7.52. The topological polar surface area (TPSA) is 28.4 Å². The maximum atomic E-state index is 5.37. The summed E-state index contributed by atoms with van der Waals surface area (Å²) in [4.78, 5) is 2.27. The van der Waals surface area contributed by atoms with E-state index in [2.05, 4.69) is 45.1 Å². The third-order valence-corrected chi connectivity index (χ3v) is 3.04. The molecule has 1 aromatic rings. The summed E-state index contributed by atoms with van der Waals surface area (Å²) in [6.45, 7) is 7.62. The summed E-state index contributed by atoms with van der Waals surface area (Å²) < 4.78 is 5.37. The van der Waals surface area contributed by atoms with Crippen LogP contribution in [0.15, 0.2) is 22.8 Å². The van der Waals surface area contributed by atoms with Crippen molar-refractivity contribution >= 4 is 0 Å². The van der Waals surface area contributed by atoms with Gasteiger partial charge in [-0.2, -0.15) is 0 Å². The predicted octanol–water partition coefficient (Wildman–Crippen LogP) is 2.52. The van der Waals surface area contributed by atoms with Crippen LogP contribution in [0.25, 0.3) is 0 Å². The number of nitrogens with zero attached hydrogens (tertiary/aromatic N) is 1. The van der Waals surface area contributed by atoms with Crippen molar-refractivity contribution in [3.8, 4) is 0 Å². The fourth-order valence-corrected chi connectivity index (χ4v) is 1.95. The molecule has 0 saturated heterocycles. The minimum Gasteiger partial charge on any atom is -0.468 e. The van der Waals surface area contributed by atoms with Gasteiger partial charge in [0.2, 0.25) is 0 Å². The molecule has 0 aliphatic carbocycles. The van der Waals surface area contributed by atoms with Gasteiger partial charge >= 0.3 is 0 Å². The zero-order valence-corrected chi connectivity index (χ0v) is 11.0. The largest absolute Gasteiger partial charge is 0.468 e. The quantitative estimate of drug-likeness (QED) is 0.805. The van der Waals surface area contributed by atoms with Crippen LogP contribution in [0.5, 0.6) is 0 Å². The maximum Gasteiger partial charge on any atom is 0.120 e. The normalized spacial score (nSPS) is 15.7. The van der Waals surface area contributed by atoms with E-state index in [1.807, 2.05) is 12.1 Å². The third kappa shape index (κ3) is 3.65. The van der Waals surface area contributed by atoms with E-state index in [1.54, 1.807) is 6.26 Å². The second kappa shape index (κ2) is 6.06. The Morgan fingerprint density at radius 2 is 2.00 bits per heavy atom. The Kier molecular flexibility index (Phi) is 5.03. The van der Waals surface area contributed by atoms with E-state index in [4.69, 9.17) is 4.42 Å². The monoisotopic (exact) mass is 224 g/mol. The number of furan rings is 1. The Morgan fingerprint density at radius 3 is 2.44 bits per heavy atom. The van der Waals surface area contributed by atoms with Crippen LogP contribution in [-0.4, -0.2) is 31.6 Å². The molecule has 1 N–H and O–H groups in total. The Labute approximate surface area is 98.8 Å². The summed E-state index contributed by atoms with van der Waals surface area (Å²) in [7, 11) is 4.26. The van der Waals surface area contributed by atoms with Crippen molar-refractivity contribution < 1.29 is 4.42 Å². The first-order valence-electron chi connectivity index (χ1n) is 5.95. The van der Waals surface area contributed by atoms with Crippen molar-refractivity contribution in [3.05, 3.63) is 24.2 Å². The minimum absolute atomic E-state index is 0.274. The molecule has 0 aliphatic rings. The molecule has 0 aromatic carbocycles. The second-order valence-corrected chi connectivity index (χ2v) is 4.92. The van der Waals surface area contributed by atoms with Gasteiger partial charge in [-0.25, -0.2) is 0 Å². The van der Waals surface area contributed by atoms with E-state index in [0.717, 1.165) is 12.3 Å². The van der Waals surface area contributed by atoms with Gasteiger partial charge in [0.1, 0.15) is 5.76 Å². The molecular formula is C13H24N2O. The highest BCUT2D eigenvalue weighted by Crippen LogP contribution is 2.13. The molecule has 2 atom stereocenters. The van der Waals surface area contributed by atoms with Crippen molar-refractivity contribution in [1.82, 2.24) is 10.2 Å². The summed E-state index contributed by atoms with van der Waals surface area (Å²) in [5, 5.41) is 3.51. The second-order valence-electron chi connectivity index (χ2n) is 4.92. The zero-order valence-electron chi connectivity index (χ0n) is 11.0.